The van der Waals surface area contributed by atoms with Crippen molar-refractivity contribution in [2.45, 2.75) is 19.6 Å². The molecule has 0 fully saturated rings. The van der Waals surface area contributed by atoms with E-state index in [1.807, 2.05) is 31.4 Å². The van der Waals surface area contributed by atoms with E-state index in [2.05, 4.69) is 80.6 Å². The zero-order chi connectivity index (χ0) is 20.6. The second kappa shape index (κ2) is 11.7. The van der Waals surface area contributed by atoms with Gasteiger partial charge in [-0.25, -0.2) is 4.98 Å². The van der Waals surface area contributed by atoms with Crippen LogP contribution in [0.1, 0.15) is 17.0 Å². The molecule has 0 spiro atoms. The predicted octanol–water partition coefficient (Wildman–Crippen LogP) is 3.96. The number of aromatic nitrogens is 2. The zero-order valence-corrected chi connectivity index (χ0v) is 20.4. The fraction of sp³-hybridized carbons (Fsp3) is 0.304. The Kier molecular flexibility index (Phi) is 9.32. The molecule has 30 heavy (non-hydrogen) atoms. The number of halogens is 1. The summed E-state index contributed by atoms with van der Waals surface area (Å²) in [5, 5.41) is 3.43. The van der Waals surface area contributed by atoms with Crippen LogP contribution in [-0.4, -0.2) is 53.9 Å². The highest BCUT2D eigenvalue weighted by Gasteiger charge is 2.10. The Bertz CT molecular complexity index is 918. The number of rotatable bonds is 7. The van der Waals surface area contributed by atoms with Crippen molar-refractivity contribution in [2.24, 2.45) is 4.99 Å². The lowest BCUT2D eigenvalue weighted by Crippen LogP contribution is -2.38. The number of benzene rings is 2. The molecule has 7 heteroatoms. The molecule has 6 nitrogen and oxygen atoms in total. The van der Waals surface area contributed by atoms with Crippen molar-refractivity contribution in [1.82, 2.24) is 25.1 Å². The summed E-state index contributed by atoms with van der Waals surface area (Å²) in [6.07, 6.45) is 1.88. The molecular formula is C23H31IN6. The van der Waals surface area contributed by atoms with Gasteiger partial charge in [-0.2, -0.15) is 0 Å². The fourth-order valence-electron chi connectivity index (χ4n) is 3.20. The Hall–Kier alpha value is -2.39. The van der Waals surface area contributed by atoms with E-state index < -0.39 is 0 Å². The molecule has 2 N–H and O–H groups in total. The first kappa shape index (κ1) is 23.9. The van der Waals surface area contributed by atoms with Crippen molar-refractivity contribution >= 4 is 29.9 Å². The maximum atomic E-state index is 4.52. The minimum absolute atomic E-state index is 0. The lowest BCUT2D eigenvalue weighted by Gasteiger charge is -2.21. The summed E-state index contributed by atoms with van der Waals surface area (Å²) in [7, 11) is 7.98. The molecule has 0 saturated carbocycles. The highest BCUT2D eigenvalue weighted by Crippen LogP contribution is 2.16. The number of imidazole rings is 1. The van der Waals surface area contributed by atoms with Crippen LogP contribution in [-0.2, 0) is 19.6 Å². The van der Waals surface area contributed by atoms with Crippen LogP contribution in [0.2, 0.25) is 0 Å². The third-order valence-electron chi connectivity index (χ3n) is 4.65. The maximum Gasteiger partial charge on any atom is 0.194 e. The summed E-state index contributed by atoms with van der Waals surface area (Å²) in [5.74, 6) is 1.74. The van der Waals surface area contributed by atoms with Gasteiger partial charge in [-0.15, -0.1) is 24.0 Å². The molecule has 1 aromatic heterocycles. The number of nitrogens with zero attached hydrogens (tertiary/aromatic N) is 4. The summed E-state index contributed by atoms with van der Waals surface area (Å²) >= 11 is 0. The van der Waals surface area contributed by atoms with Crippen molar-refractivity contribution in [3.05, 3.63) is 77.7 Å². The molecule has 0 radical (unpaired) electrons. The summed E-state index contributed by atoms with van der Waals surface area (Å²) in [6, 6.07) is 18.9. The van der Waals surface area contributed by atoms with Crippen molar-refractivity contribution in [2.75, 3.05) is 28.2 Å². The SMILES string of the molecule is CN=C(NCc1ccc(CN(C)C)cc1)N(C)Cc1ncc(-c2ccccc2)[nH]1.I. The molecule has 0 saturated heterocycles. The normalized spacial score (nSPS) is 11.3. The van der Waals surface area contributed by atoms with Gasteiger partial charge >= 0.3 is 0 Å². The second-order valence-electron chi connectivity index (χ2n) is 7.42. The topological polar surface area (TPSA) is 59.6 Å². The molecule has 0 bridgehead atoms. The summed E-state index contributed by atoms with van der Waals surface area (Å²) in [6.45, 7) is 2.33. The van der Waals surface area contributed by atoms with Gasteiger partial charge in [-0.1, -0.05) is 54.6 Å². The number of hydrogen-bond acceptors (Lipinski definition) is 3. The summed E-state index contributed by atoms with van der Waals surface area (Å²) in [5.41, 5.74) is 4.70. The van der Waals surface area contributed by atoms with Crippen LogP contribution in [0.4, 0.5) is 0 Å². The van der Waals surface area contributed by atoms with Gasteiger partial charge in [0, 0.05) is 27.2 Å². The van der Waals surface area contributed by atoms with E-state index in [1.165, 1.54) is 11.1 Å². The van der Waals surface area contributed by atoms with E-state index in [0.29, 0.717) is 6.54 Å². The molecule has 0 amide bonds. The van der Waals surface area contributed by atoms with Gasteiger partial charge in [0.05, 0.1) is 18.4 Å². The molecule has 3 rings (SSSR count). The number of hydrogen-bond donors (Lipinski definition) is 2. The number of H-pyrrole nitrogens is 1. The molecule has 2 aromatic carbocycles. The van der Waals surface area contributed by atoms with Crippen molar-refractivity contribution in [3.8, 4) is 11.3 Å². The minimum Gasteiger partial charge on any atom is -0.352 e. The largest absolute Gasteiger partial charge is 0.352 e. The number of nitrogens with one attached hydrogen (secondary N) is 2. The summed E-state index contributed by atoms with van der Waals surface area (Å²) in [4.78, 5) is 16.5. The van der Waals surface area contributed by atoms with Gasteiger partial charge in [0.1, 0.15) is 5.82 Å². The van der Waals surface area contributed by atoms with Crippen LogP contribution < -0.4 is 5.32 Å². The van der Waals surface area contributed by atoms with Crippen molar-refractivity contribution in [3.63, 3.8) is 0 Å². The van der Waals surface area contributed by atoms with Gasteiger partial charge in [0.25, 0.3) is 0 Å². The Balaban J connectivity index is 0.00000320. The van der Waals surface area contributed by atoms with Crippen LogP contribution in [0.5, 0.6) is 0 Å². The lowest BCUT2D eigenvalue weighted by atomic mass is 10.1. The van der Waals surface area contributed by atoms with Gasteiger partial charge in [-0.05, 0) is 30.8 Å². The molecule has 0 aliphatic rings. The van der Waals surface area contributed by atoms with Gasteiger partial charge in [-0.3, -0.25) is 4.99 Å². The Labute approximate surface area is 196 Å². The average Bonchev–Trinajstić information content (AvgIpc) is 3.18. The number of guanidine groups is 1. The standard InChI is InChI=1S/C23H30N6.HI/c1-24-23(26-14-18-10-12-19(13-11-18)16-28(2)3)29(4)17-22-25-15-21(27-22)20-8-6-5-7-9-20;/h5-13,15H,14,16-17H2,1-4H3,(H,24,26)(H,25,27);1H. The molecule has 0 aliphatic heterocycles. The van der Waals surface area contributed by atoms with Crippen LogP contribution in [0, 0.1) is 0 Å². The maximum absolute atomic E-state index is 4.52. The monoisotopic (exact) mass is 518 g/mol. The molecule has 0 aliphatic carbocycles. The predicted molar refractivity (Wildman–Crippen MR) is 135 cm³/mol. The molecular weight excluding hydrogens is 487 g/mol. The molecule has 3 aromatic rings. The highest BCUT2D eigenvalue weighted by atomic mass is 127. The molecule has 160 valence electrons. The van der Waals surface area contributed by atoms with Gasteiger partial charge in [0.2, 0.25) is 0 Å². The van der Waals surface area contributed by atoms with Crippen molar-refractivity contribution < 1.29 is 0 Å². The van der Waals surface area contributed by atoms with Gasteiger partial charge in [0.15, 0.2) is 5.96 Å². The molecule has 0 atom stereocenters. The number of aromatic amines is 1. The van der Waals surface area contributed by atoms with Gasteiger partial charge < -0.3 is 20.1 Å². The smallest absolute Gasteiger partial charge is 0.194 e. The quantitative estimate of drug-likeness (QED) is 0.283. The zero-order valence-electron chi connectivity index (χ0n) is 18.1. The third kappa shape index (κ3) is 6.84. The molecule has 1 heterocycles. The Morgan fingerprint density at radius 2 is 1.63 bits per heavy atom. The molecule has 0 unspecified atom stereocenters. The first-order valence-electron chi connectivity index (χ1n) is 9.79. The van der Waals surface area contributed by atoms with E-state index >= 15 is 0 Å². The van der Waals surface area contributed by atoms with E-state index in [0.717, 1.165) is 36.1 Å². The van der Waals surface area contributed by atoms with Crippen LogP contribution >= 0.6 is 24.0 Å². The van der Waals surface area contributed by atoms with Crippen LogP contribution in [0.25, 0.3) is 11.3 Å². The van der Waals surface area contributed by atoms with E-state index in [-0.39, 0.29) is 24.0 Å². The first-order chi connectivity index (χ1) is 14.0. The van der Waals surface area contributed by atoms with Crippen LogP contribution in [0.3, 0.4) is 0 Å². The Morgan fingerprint density at radius 3 is 2.27 bits per heavy atom. The average molecular weight is 518 g/mol. The second-order valence-corrected chi connectivity index (χ2v) is 7.42. The highest BCUT2D eigenvalue weighted by molar-refractivity contribution is 14.0. The third-order valence-corrected chi connectivity index (χ3v) is 4.65. The van der Waals surface area contributed by atoms with Crippen molar-refractivity contribution in [1.29, 1.82) is 0 Å². The van der Waals surface area contributed by atoms with Crippen LogP contribution in [0.15, 0.2) is 65.8 Å². The van der Waals surface area contributed by atoms with E-state index in [4.69, 9.17) is 0 Å². The summed E-state index contributed by atoms with van der Waals surface area (Å²) < 4.78 is 0. The lowest BCUT2D eigenvalue weighted by molar-refractivity contribution is 0.402. The number of aliphatic imine (C=N–C) groups is 1. The first-order valence-corrected chi connectivity index (χ1v) is 9.79. The Morgan fingerprint density at radius 1 is 0.967 bits per heavy atom. The van der Waals surface area contributed by atoms with E-state index in [1.54, 1.807) is 7.05 Å². The minimum atomic E-state index is 0. The van der Waals surface area contributed by atoms with E-state index in [9.17, 15) is 0 Å². The fourth-order valence-corrected chi connectivity index (χ4v) is 3.20.